The van der Waals surface area contributed by atoms with Crippen molar-refractivity contribution in [3.05, 3.63) is 29.3 Å². The summed E-state index contributed by atoms with van der Waals surface area (Å²) >= 11 is 0. The van der Waals surface area contributed by atoms with Gasteiger partial charge in [0.2, 0.25) is 0 Å². The second-order valence-corrected chi connectivity index (χ2v) is 6.75. The molecule has 2 aliphatic heterocycles. The largest absolute Gasteiger partial charge is 0.507 e. The quantitative estimate of drug-likeness (QED) is 0.853. The van der Waals surface area contributed by atoms with Crippen LogP contribution in [0.3, 0.4) is 0 Å². The molecule has 24 heavy (non-hydrogen) atoms. The Kier molecular flexibility index (Phi) is 4.46. The van der Waals surface area contributed by atoms with E-state index in [0.29, 0.717) is 18.5 Å². The maximum absolute atomic E-state index is 12.8. The van der Waals surface area contributed by atoms with Crippen molar-refractivity contribution in [2.45, 2.75) is 31.5 Å². The summed E-state index contributed by atoms with van der Waals surface area (Å²) in [6, 6.07) is 2.66. The molecule has 1 aromatic rings. The van der Waals surface area contributed by atoms with Gasteiger partial charge >= 0.3 is 6.18 Å². The van der Waals surface area contributed by atoms with E-state index in [1.807, 2.05) is 0 Å². The number of benzene rings is 1. The highest BCUT2D eigenvalue weighted by Gasteiger charge is 2.38. The third-order valence-corrected chi connectivity index (χ3v) is 5.09. The number of carbonyl (C=O) groups is 1. The molecular formula is C17H21F3N2O2. The summed E-state index contributed by atoms with van der Waals surface area (Å²) < 4.78 is 38.1. The van der Waals surface area contributed by atoms with Crippen molar-refractivity contribution in [1.82, 2.24) is 9.80 Å². The Morgan fingerprint density at radius 1 is 1.25 bits per heavy atom. The highest BCUT2D eigenvalue weighted by Crippen LogP contribution is 2.35. The van der Waals surface area contributed by atoms with E-state index >= 15 is 0 Å². The Morgan fingerprint density at radius 2 is 2.00 bits per heavy atom. The van der Waals surface area contributed by atoms with Crippen LogP contribution >= 0.6 is 0 Å². The summed E-state index contributed by atoms with van der Waals surface area (Å²) in [7, 11) is 2.05. The Morgan fingerprint density at radius 3 is 2.67 bits per heavy atom. The van der Waals surface area contributed by atoms with Gasteiger partial charge in [-0.3, -0.25) is 4.79 Å². The van der Waals surface area contributed by atoms with Crippen LogP contribution in [0.2, 0.25) is 0 Å². The molecule has 0 spiro atoms. The second-order valence-electron chi connectivity index (χ2n) is 6.75. The normalized spacial score (nSPS) is 25.4. The number of phenols is 1. The van der Waals surface area contributed by atoms with E-state index in [0.717, 1.165) is 44.5 Å². The van der Waals surface area contributed by atoms with Gasteiger partial charge in [-0.05, 0) is 57.0 Å². The lowest BCUT2D eigenvalue weighted by Crippen LogP contribution is -2.55. The number of piperidine rings is 2. The van der Waals surface area contributed by atoms with E-state index in [2.05, 4.69) is 11.9 Å². The number of aromatic hydroxyl groups is 1. The first kappa shape index (κ1) is 17.1. The molecule has 2 aliphatic rings. The summed E-state index contributed by atoms with van der Waals surface area (Å²) in [6.45, 7) is 2.40. The first-order valence-corrected chi connectivity index (χ1v) is 8.17. The molecule has 2 heterocycles. The number of nitrogens with zero attached hydrogens (tertiary/aromatic N) is 2. The summed E-state index contributed by atoms with van der Waals surface area (Å²) in [6.07, 6.45) is -1.75. The topological polar surface area (TPSA) is 43.8 Å². The van der Waals surface area contributed by atoms with E-state index in [1.165, 1.54) is 0 Å². The molecule has 2 saturated heterocycles. The van der Waals surface area contributed by atoms with Crippen LogP contribution in [-0.2, 0) is 6.18 Å². The third kappa shape index (κ3) is 3.22. The number of alkyl halides is 3. The second kappa shape index (κ2) is 6.27. The van der Waals surface area contributed by atoms with E-state index < -0.39 is 17.5 Å². The zero-order valence-electron chi connectivity index (χ0n) is 13.5. The molecule has 0 aliphatic carbocycles. The van der Waals surface area contributed by atoms with Gasteiger partial charge in [-0.1, -0.05) is 0 Å². The molecule has 0 aromatic heterocycles. The molecule has 1 amide bonds. The van der Waals surface area contributed by atoms with Gasteiger partial charge in [0.05, 0.1) is 11.1 Å². The number of phenolic OH excluding ortho intramolecular Hbond substituents is 1. The average molecular weight is 342 g/mol. The Hall–Kier alpha value is -1.76. The summed E-state index contributed by atoms with van der Waals surface area (Å²) in [5, 5.41) is 9.94. The van der Waals surface area contributed by atoms with Crippen molar-refractivity contribution < 1.29 is 23.1 Å². The third-order valence-electron chi connectivity index (χ3n) is 5.09. The summed E-state index contributed by atoms with van der Waals surface area (Å²) in [4.78, 5) is 16.8. The Bertz CT molecular complexity index is 633. The molecule has 0 radical (unpaired) electrons. The van der Waals surface area contributed by atoms with Gasteiger partial charge in [-0.15, -0.1) is 0 Å². The molecule has 1 N–H and O–H groups in total. The monoisotopic (exact) mass is 342 g/mol. The SMILES string of the molecule is CN1CCC2C(CCCN2C(=O)c2ccc(C(F)(F)F)cc2O)C1. The molecule has 7 heteroatoms. The van der Waals surface area contributed by atoms with Gasteiger partial charge in [-0.2, -0.15) is 13.2 Å². The standard InChI is InChI=1S/C17H21F3N2O2/c1-21-8-6-14-11(10-21)3-2-7-22(14)16(24)13-5-4-12(9-15(13)23)17(18,19)20/h4-5,9,11,14,23H,2-3,6-8,10H2,1H3. The van der Waals surface area contributed by atoms with E-state index in [-0.39, 0.29) is 17.5 Å². The van der Waals surface area contributed by atoms with Gasteiger partial charge in [0, 0.05) is 19.1 Å². The fourth-order valence-corrected chi connectivity index (χ4v) is 3.88. The molecule has 3 rings (SSSR count). The van der Waals surface area contributed by atoms with Crippen molar-refractivity contribution in [1.29, 1.82) is 0 Å². The number of fused-ring (bicyclic) bond motifs is 1. The minimum atomic E-state index is -4.54. The predicted octanol–water partition coefficient (Wildman–Crippen LogP) is 2.97. The van der Waals surface area contributed by atoms with E-state index in [9.17, 15) is 23.1 Å². The number of hydrogen-bond donors (Lipinski definition) is 1. The van der Waals surface area contributed by atoms with Gasteiger partial charge in [-0.25, -0.2) is 0 Å². The Balaban J connectivity index is 1.83. The number of amides is 1. The van der Waals surface area contributed by atoms with Gasteiger partial charge in [0.25, 0.3) is 5.91 Å². The van der Waals surface area contributed by atoms with E-state index in [4.69, 9.17) is 0 Å². The van der Waals surface area contributed by atoms with Crippen molar-refractivity contribution >= 4 is 5.91 Å². The molecule has 2 unspecified atom stereocenters. The fraction of sp³-hybridized carbons (Fsp3) is 0.588. The van der Waals surface area contributed by atoms with Crippen LogP contribution in [-0.4, -0.2) is 53.5 Å². The minimum Gasteiger partial charge on any atom is -0.507 e. The first-order valence-electron chi connectivity index (χ1n) is 8.17. The maximum Gasteiger partial charge on any atom is 0.416 e. The van der Waals surface area contributed by atoms with E-state index in [1.54, 1.807) is 4.90 Å². The lowest BCUT2D eigenvalue weighted by molar-refractivity contribution is -0.137. The number of hydrogen-bond acceptors (Lipinski definition) is 3. The smallest absolute Gasteiger partial charge is 0.416 e. The van der Waals surface area contributed by atoms with Gasteiger partial charge in [0.15, 0.2) is 0 Å². The molecular weight excluding hydrogens is 321 g/mol. The summed E-state index contributed by atoms with van der Waals surface area (Å²) in [5.74, 6) is -0.594. The first-order chi connectivity index (χ1) is 11.3. The lowest BCUT2D eigenvalue weighted by atomic mass is 9.83. The fourth-order valence-electron chi connectivity index (χ4n) is 3.88. The molecule has 0 saturated carbocycles. The zero-order chi connectivity index (χ0) is 17.5. The minimum absolute atomic E-state index is 0.0532. The predicted molar refractivity (Wildman–Crippen MR) is 82.8 cm³/mol. The number of halogens is 3. The van der Waals surface area contributed by atoms with Crippen molar-refractivity contribution in [3.8, 4) is 5.75 Å². The van der Waals surface area contributed by atoms with Crippen LogP contribution in [0.1, 0.15) is 35.2 Å². The number of rotatable bonds is 1. The van der Waals surface area contributed by atoms with Crippen LogP contribution < -0.4 is 0 Å². The average Bonchev–Trinajstić information content (AvgIpc) is 2.52. The molecule has 4 nitrogen and oxygen atoms in total. The van der Waals surface area contributed by atoms with Crippen LogP contribution in [0.4, 0.5) is 13.2 Å². The zero-order valence-corrected chi connectivity index (χ0v) is 13.5. The van der Waals surface area contributed by atoms with Crippen molar-refractivity contribution in [2.75, 3.05) is 26.7 Å². The highest BCUT2D eigenvalue weighted by atomic mass is 19.4. The molecule has 2 fully saturated rings. The molecule has 0 bridgehead atoms. The van der Waals surface area contributed by atoms with Crippen molar-refractivity contribution in [3.63, 3.8) is 0 Å². The Labute approximate surface area is 138 Å². The van der Waals surface area contributed by atoms with Crippen molar-refractivity contribution in [2.24, 2.45) is 5.92 Å². The maximum atomic E-state index is 12.8. The summed E-state index contributed by atoms with van der Waals surface area (Å²) in [5.41, 5.74) is -1.00. The van der Waals surface area contributed by atoms with Crippen LogP contribution in [0, 0.1) is 5.92 Å². The number of likely N-dealkylation sites (tertiary alicyclic amines) is 2. The van der Waals surface area contributed by atoms with Crippen LogP contribution in [0.25, 0.3) is 0 Å². The van der Waals surface area contributed by atoms with Gasteiger partial charge < -0.3 is 14.9 Å². The van der Waals surface area contributed by atoms with Crippen LogP contribution in [0.5, 0.6) is 5.75 Å². The highest BCUT2D eigenvalue weighted by molar-refractivity contribution is 5.97. The number of carbonyl (C=O) groups excluding carboxylic acids is 1. The molecule has 1 aromatic carbocycles. The van der Waals surface area contributed by atoms with Gasteiger partial charge in [0.1, 0.15) is 5.75 Å². The lowest BCUT2D eigenvalue weighted by Gasteiger charge is -2.46. The molecule has 2 atom stereocenters. The molecule has 132 valence electrons. The van der Waals surface area contributed by atoms with Crippen LogP contribution in [0.15, 0.2) is 18.2 Å².